The maximum Gasteiger partial charge on any atom is 0.231 e. The molecule has 2 aromatic rings. The number of aryl methyl sites for hydroxylation is 1. The van der Waals surface area contributed by atoms with Gasteiger partial charge in [-0.3, -0.25) is 4.68 Å². The second-order valence-electron chi connectivity index (χ2n) is 4.54. The standard InChI is InChI=1S/C13H22N8/c1-5-21(6-2)13-17-11(14-3)16-12(18-13)15-9-10-7-8-20(4)19-10/h7-8H,5-6,9H2,1-4H3,(H2,14,15,16,17,18). The molecular formula is C13H22N8. The van der Waals surface area contributed by atoms with E-state index in [0.717, 1.165) is 18.8 Å². The normalized spacial score (nSPS) is 10.5. The molecule has 0 aromatic carbocycles. The number of hydrogen-bond donors (Lipinski definition) is 2. The molecule has 2 heterocycles. The Hall–Kier alpha value is -2.38. The third-order valence-corrected chi connectivity index (χ3v) is 3.09. The van der Waals surface area contributed by atoms with Crippen molar-refractivity contribution in [3.05, 3.63) is 18.0 Å². The first-order chi connectivity index (χ1) is 10.2. The third-order valence-electron chi connectivity index (χ3n) is 3.09. The Balaban J connectivity index is 2.16. The molecule has 8 nitrogen and oxygen atoms in total. The van der Waals surface area contributed by atoms with Crippen molar-refractivity contribution in [2.24, 2.45) is 7.05 Å². The Bertz CT molecular complexity index is 575. The van der Waals surface area contributed by atoms with Gasteiger partial charge in [-0.05, 0) is 19.9 Å². The van der Waals surface area contributed by atoms with E-state index < -0.39 is 0 Å². The van der Waals surface area contributed by atoms with Crippen LogP contribution in [0.15, 0.2) is 12.3 Å². The van der Waals surface area contributed by atoms with Crippen molar-refractivity contribution in [3.63, 3.8) is 0 Å². The lowest BCUT2D eigenvalue weighted by Crippen LogP contribution is -2.25. The van der Waals surface area contributed by atoms with Gasteiger partial charge in [0.2, 0.25) is 17.8 Å². The quantitative estimate of drug-likeness (QED) is 0.790. The van der Waals surface area contributed by atoms with Crippen LogP contribution in [0, 0.1) is 0 Å². The molecular weight excluding hydrogens is 268 g/mol. The molecule has 0 bridgehead atoms. The highest BCUT2D eigenvalue weighted by Gasteiger charge is 2.10. The fourth-order valence-corrected chi connectivity index (χ4v) is 1.93. The molecule has 8 heteroatoms. The van der Waals surface area contributed by atoms with E-state index in [0.29, 0.717) is 24.4 Å². The third kappa shape index (κ3) is 3.80. The van der Waals surface area contributed by atoms with E-state index in [2.05, 4.69) is 49.4 Å². The molecule has 2 N–H and O–H groups in total. The average molecular weight is 290 g/mol. The van der Waals surface area contributed by atoms with E-state index in [4.69, 9.17) is 0 Å². The highest BCUT2D eigenvalue weighted by Crippen LogP contribution is 2.13. The highest BCUT2D eigenvalue weighted by atomic mass is 15.3. The number of anilines is 3. The number of aromatic nitrogens is 5. The number of nitrogens with one attached hydrogen (secondary N) is 2. The van der Waals surface area contributed by atoms with Gasteiger partial charge in [-0.1, -0.05) is 0 Å². The van der Waals surface area contributed by atoms with Crippen LogP contribution in [-0.2, 0) is 13.6 Å². The predicted octanol–water partition coefficient (Wildman–Crippen LogP) is 1.11. The zero-order valence-electron chi connectivity index (χ0n) is 13.0. The molecule has 2 aromatic heterocycles. The van der Waals surface area contributed by atoms with Crippen LogP contribution in [0.1, 0.15) is 19.5 Å². The number of hydrogen-bond acceptors (Lipinski definition) is 7. The Labute approximate surface area is 124 Å². The number of nitrogens with zero attached hydrogens (tertiary/aromatic N) is 6. The van der Waals surface area contributed by atoms with Gasteiger partial charge in [-0.15, -0.1) is 0 Å². The topological polar surface area (TPSA) is 83.8 Å². The number of rotatable bonds is 7. The molecule has 0 saturated heterocycles. The molecule has 0 aliphatic heterocycles. The van der Waals surface area contributed by atoms with E-state index in [1.54, 1.807) is 11.7 Å². The minimum absolute atomic E-state index is 0.543. The summed E-state index contributed by atoms with van der Waals surface area (Å²) in [5, 5.41) is 10.5. The summed E-state index contributed by atoms with van der Waals surface area (Å²) >= 11 is 0. The van der Waals surface area contributed by atoms with Crippen LogP contribution >= 0.6 is 0 Å². The van der Waals surface area contributed by atoms with Gasteiger partial charge >= 0.3 is 0 Å². The van der Waals surface area contributed by atoms with E-state index in [1.807, 2.05) is 19.3 Å². The first kappa shape index (κ1) is 15.0. The van der Waals surface area contributed by atoms with Crippen LogP contribution in [0.25, 0.3) is 0 Å². The summed E-state index contributed by atoms with van der Waals surface area (Å²) in [5.41, 5.74) is 0.938. The summed E-state index contributed by atoms with van der Waals surface area (Å²) in [6.45, 7) is 6.43. The lowest BCUT2D eigenvalue weighted by atomic mass is 10.4. The van der Waals surface area contributed by atoms with Crippen molar-refractivity contribution in [2.45, 2.75) is 20.4 Å². The molecule has 21 heavy (non-hydrogen) atoms. The van der Waals surface area contributed by atoms with Crippen LogP contribution in [0.4, 0.5) is 17.8 Å². The average Bonchev–Trinajstić information content (AvgIpc) is 2.92. The Kier molecular flexibility index (Phi) is 4.91. The molecule has 0 aliphatic rings. The Morgan fingerprint density at radius 2 is 1.86 bits per heavy atom. The molecule has 2 rings (SSSR count). The highest BCUT2D eigenvalue weighted by molar-refractivity contribution is 5.43. The van der Waals surface area contributed by atoms with Gasteiger partial charge in [0.1, 0.15) is 0 Å². The summed E-state index contributed by atoms with van der Waals surface area (Å²) in [6.07, 6.45) is 1.91. The van der Waals surface area contributed by atoms with Crippen molar-refractivity contribution < 1.29 is 0 Å². The van der Waals surface area contributed by atoms with Gasteiger partial charge in [-0.2, -0.15) is 20.1 Å². The molecule has 0 spiro atoms. The van der Waals surface area contributed by atoms with Crippen molar-refractivity contribution in [1.29, 1.82) is 0 Å². The van der Waals surface area contributed by atoms with Gasteiger partial charge in [0, 0.05) is 33.4 Å². The fourth-order valence-electron chi connectivity index (χ4n) is 1.93. The zero-order valence-corrected chi connectivity index (χ0v) is 13.0. The Morgan fingerprint density at radius 3 is 2.43 bits per heavy atom. The SMILES string of the molecule is CCN(CC)c1nc(NC)nc(NCc2ccn(C)n2)n1. The Morgan fingerprint density at radius 1 is 1.14 bits per heavy atom. The second kappa shape index (κ2) is 6.87. The van der Waals surface area contributed by atoms with Gasteiger partial charge in [0.05, 0.1) is 12.2 Å². The summed E-state index contributed by atoms with van der Waals surface area (Å²) in [5.74, 6) is 1.76. The molecule has 0 radical (unpaired) electrons. The van der Waals surface area contributed by atoms with Crippen LogP contribution in [0.2, 0.25) is 0 Å². The summed E-state index contributed by atoms with van der Waals surface area (Å²) in [6, 6.07) is 1.96. The molecule has 114 valence electrons. The predicted molar refractivity (Wildman–Crippen MR) is 83.5 cm³/mol. The maximum atomic E-state index is 4.46. The van der Waals surface area contributed by atoms with Crippen LogP contribution in [0.5, 0.6) is 0 Å². The monoisotopic (exact) mass is 290 g/mol. The smallest absolute Gasteiger partial charge is 0.231 e. The zero-order chi connectivity index (χ0) is 15.2. The van der Waals surface area contributed by atoms with E-state index in [-0.39, 0.29) is 0 Å². The molecule has 0 unspecified atom stereocenters. The lowest BCUT2D eigenvalue weighted by molar-refractivity contribution is 0.745. The first-order valence-corrected chi connectivity index (χ1v) is 7.07. The largest absolute Gasteiger partial charge is 0.357 e. The van der Waals surface area contributed by atoms with Crippen LogP contribution < -0.4 is 15.5 Å². The van der Waals surface area contributed by atoms with Gasteiger partial charge in [0.15, 0.2) is 0 Å². The van der Waals surface area contributed by atoms with Gasteiger partial charge in [-0.25, -0.2) is 0 Å². The van der Waals surface area contributed by atoms with Crippen molar-refractivity contribution in [2.75, 3.05) is 35.7 Å². The molecule has 0 saturated carbocycles. The fraction of sp³-hybridized carbons (Fsp3) is 0.538. The molecule has 0 atom stereocenters. The lowest BCUT2D eigenvalue weighted by Gasteiger charge is -2.19. The molecule has 0 aliphatic carbocycles. The minimum Gasteiger partial charge on any atom is -0.357 e. The van der Waals surface area contributed by atoms with Crippen molar-refractivity contribution in [1.82, 2.24) is 24.7 Å². The molecule has 0 amide bonds. The second-order valence-corrected chi connectivity index (χ2v) is 4.54. The van der Waals surface area contributed by atoms with Crippen LogP contribution in [0.3, 0.4) is 0 Å². The van der Waals surface area contributed by atoms with Gasteiger partial charge in [0.25, 0.3) is 0 Å². The van der Waals surface area contributed by atoms with E-state index in [1.165, 1.54) is 0 Å². The summed E-state index contributed by atoms with van der Waals surface area (Å²) in [7, 11) is 3.69. The van der Waals surface area contributed by atoms with E-state index >= 15 is 0 Å². The summed E-state index contributed by atoms with van der Waals surface area (Å²) < 4.78 is 1.77. The van der Waals surface area contributed by atoms with Crippen LogP contribution in [-0.4, -0.2) is 44.9 Å². The first-order valence-electron chi connectivity index (χ1n) is 7.07. The summed E-state index contributed by atoms with van der Waals surface area (Å²) in [4.78, 5) is 15.2. The van der Waals surface area contributed by atoms with Crippen molar-refractivity contribution >= 4 is 17.8 Å². The minimum atomic E-state index is 0.543. The van der Waals surface area contributed by atoms with E-state index in [9.17, 15) is 0 Å². The maximum absolute atomic E-state index is 4.46. The van der Waals surface area contributed by atoms with Gasteiger partial charge < -0.3 is 15.5 Å². The molecule has 0 fully saturated rings. The van der Waals surface area contributed by atoms with Crippen molar-refractivity contribution in [3.8, 4) is 0 Å².